The zero-order valence-corrected chi connectivity index (χ0v) is 39.2. The van der Waals surface area contributed by atoms with Gasteiger partial charge in [-0.2, -0.15) is 0 Å². The van der Waals surface area contributed by atoms with Crippen molar-refractivity contribution in [3.8, 4) is 44.5 Å². The predicted octanol–water partition coefficient (Wildman–Crippen LogP) is 19.9. The lowest BCUT2D eigenvalue weighted by molar-refractivity contribution is 1.51. The summed E-state index contributed by atoms with van der Waals surface area (Å²) in [4.78, 5) is 0. The van der Waals surface area contributed by atoms with Gasteiger partial charge >= 0.3 is 0 Å². The minimum absolute atomic E-state index is 1.26. The van der Waals surface area contributed by atoms with Crippen molar-refractivity contribution in [1.82, 2.24) is 0 Å². The Morgan fingerprint density at radius 3 is 0.686 bits per heavy atom. The highest BCUT2D eigenvalue weighted by atomic mass is 14.2. The molecule has 0 bridgehead atoms. The molecule has 0 atom stereocenters. The minimum atomic E-state index is 1.26. The van der Waals surface area contributed by atoms with Crippen LogP contribution in [0, 0.1) is 13.8 Å². The third-order valence-electron chi connectivity index (χ3n) is 14.5. The van der Waals surface area contributed by atoms with Crippen LogP contribution in [0.5, 0.6) is 0 Å². The van der Waals surface area contributed by atoms with Crippen LogP contribution in [-0.4, -0.2) is 0 Å². The second-order valence-corrected chi connectivity index (χ2v) is 18.9. The van der Waals surface area contributed by atoms with Crippen molar-refractivity contribution in [2.75, 3.05) is 0 Å². The van der Waals surface area contributed by atoms with Gasteiger partial charge in [-0.1, -0.05) is 242 Å². The lowest BCUT2D eigenvalue weighted by atomic mass is 9.84. The Morgan fingerprint density at radius 1 is 0.171 bits per heavy atom. The van der Waals surface area contributed by atoms with Gasteiger partial charge in [0.15, 0.2) is 0 Å². The van der Waals surface area contributed by atoms with Crippen LogP contribution in [-0.2, 0) is 0 Å². The maximum Gasteiger partial charge on any atom is -0.00261 e. The van der Waals surface area contributed by atoms with Crippen LogP contribution in [0.1, 0.15) is 11.1 Å². The smallest absolute Gasteiger partial charge is 0.00261 e. The topological polar surface area (TPSA) is 0 Å². The first-order valence-corrected chi connectivity index (χ1v) is 24.4. The van der Waals surface area contributed by atoms with E-state index in [9.17, 15) is 0 Å². The Balaban J connectivity index is 0.000000137. The number of aryl methyl sites for hydroxylation is 2. The molecule has 0 radical (unpaired) electrons. The van der Waals surface area contributed by atoms with E-state index < -0.39 is 0 Å². The van der Waals surface area contributed by atoms with Crippen LogP contribution >= 0.6 is 0 Å². The van der Waals surface area contributed by atoms with Gasteiger partial charge in [-0.05, 0) is 169 Å². The Bertz CT molecular complexity index is 4100. The van der Waals surface area contributed by atoms with Gasteiger partial charge < -0.3 is 0 Å². The van der Waals surface area contributed by atoms with E-state index in [0.29, 0.717) is 0 Å². The monoisotopic (exact) mass is 888 g/mol. The Labute approximate surface area is 408 Å². The average molecular weight is 889 g/mol. The fraction of sp³-hybridized carbons (Fsp3) is 0.0286. The fourth-order valence-corrected chi connectivity index (χ4v) is 11.2. The highest BCUT2D eigenvalue weighted by Crippen LogP contribution is 2.47. The van der Waals surface area contributed by atoms with Crippen LogP contribution < -0.4 is 0 Å². The standard InChI is InChI=1S/2C35H24/c2*1-23-14-19-32-33(20-23)35(29-18-16-25-9-3-5-11-27(25)22-29)31-13-7-6-12-30(31)34(32)28-17-15-24-8-2-4-10-26(24)21-28/h2*2-22H,1H3. The molecule has 0 aliphatic carbocycles. The lowest BCUT2D eigenvalue weighted by Gasteiger charge is -2.19. The van der Waals surface area contributed by atoms with E-state index in [-0.39, 0.29) is 0 Å². The molecular formula is C70H48. The van der Waals surface area contributed by atoms with Crippen molar-refractivity contribution in [3.05, 3.63) is 266 Å². The van der Waals surface area contributed by atoms with Crippen molar-refractivity contribution >= 4 is 86.2 Å². The van der Waals surface area contributed by atoms with E-state index in [0.717, 1.165) is 0 Å². The molecule has 14 aromatic rings. The molecule has 0 aliphatic rings. The first-order valence-electron chi connectivity index (χ1n) is 24.4. The number of rotatable bonds is 4. The first-order chi connectivity index (χ1) is 34.5. The Morgan fingerprint density at radius 2 is 0.400 bits per heavy atom. The average Bonchev–Trinajstić information content (AvgIpc) is 3.41. The molecule has 0 spiro atoms. The molecule has 14 rings (SSSR count). The summed E-state index contributed by atoms with van der Waals surface area (Å²) in [6.07, 6.45) is 0. The number of fused-ring (bicyclic) bond motifs is 8. The van der Waals surface area contributed by atoms with Crippen molar-refractivity contribution < 1.29 is 0 Å². The molecule has 0 aromatic heterocycles. The molecule has 0 heteroatoms. The van der Waals surface area contributed by atoms with E-state index in [1.807, 2.05) is 0 Å². The fourth-order valence-electron chi connectivity index (χ4n) is 11.2. The Kier molecular flexibility index (Phi) is 10.1. The SMILES string of the molecule is Cc1ccc2c(-c3ccc4ccccc4c3)c3ccccc3c(-c3ccc4ccccc4c3)c2c1.Cc1ccc2c(-c3ccc4ccccc4c3)c3ccccc3c(-c3ccc4ccccc4c3)c2c1. The van der Waals surface area contributed by atoms with Crippen molar-refractivity contribution in [1.29, 1.82) is 0 Å². The molecule has 0 saturated carbocycles. The third-order valence-corrected chi connectivity index (χ3v) is 14.5. The molecule has 328 valence electrons. The number of hydrogen-bond donors (Lipinski definition) is 0. The van der Waals surface area contributed by atoms with E-state index in [2.05, 4.69) is 269 Å². The van der Waals surface area contributed by atoms with Crippen molar-refractivity contribution in [2.45, 2.75) is 13.8 Å². The second kappa shape index (κ2) is 17.0. The minimum Gasteiger partial charge on any atom is -0.0616 e. The van der Waals surface area contributed by atoms with Crippen LogP contribution in [0.4, 0.5) is 0 Å². The molecule has 0 fully saturated rings. The van der Waals surface area contributed by atoms with E-state index in [4.69, 9.17) is 0 Å². The van der Waals surface area contributed by atoms with Gasteiger partial charge in [0, 0.05) is 0 Å². The van der Waals surface area contributed by atoms with Gasteiger partial charge in [0.05, 0.1) is 0 Å². The maximum absolute atomic E-state index is 2.36. The number of benzene rings is 14. The van der Waals surface area contributed by atoms with Gasteiger partial charge in [0.1, 0.15) is 0 Å². The van der Waals surface area contributed by atoms with Crippen molar-refractivity contribution in [3.63, 3.8) is 0 Å². The summed E-state index contributed by atoms with van der Waals surface area (Å²) in [5.41, 5.74) is 12.9. The quantitative estimate of drug-likeness (QED) is 0.155. The van der Waals surface area contributed by atoms with E-state index >= 15 is 0 Å². The van der Waals surface area contributed by atoms with Crippen molar-refractivity contribution in [2.24, 2.45) is 0 Å². The largest absolute Gasteiger partial charge is 0.0616 e. The summed E-state index contributed by atoms with van der Waals surface area (Å²) in [5, 5.41) is 20.6. The zero-order chi connectivity index (χ0) is 46.7. The van der Waals surface area contributed by atoms with Gasteiger partial charge in [0.2, 0.25) is 0 Å². The summed E-state index contributed by atoms with van der Waals surface area (Å²) < 4.78 is 0. The highest BCUT2D eigenvalue weighted by molar-refractivity contribution is 6.23. The molecule has 0 aliphatic heterocycles. The van der Waals surface area contributed by atoms with Gasteiger partial charge in [-0.15, -0.1) is 0 Å². The molecule has 0 saturated heterocycles. The summed E-state index contributed by atoms with van der Waals surface area (Å²) in [5.74, 6) is 0. The van der Waals surface area contributed by atoms with E-state index in [1.165, 1.54) is 142 Å². The normalized spacial score (nSPS) is 11.6. The molecular weight excluding hydrogens is 841 g/mol. The first kappa shape index (κ1) is 41.4. The Hall–Kier alpha value is -8.84. The molecule has 14 aromatic carbocycles. The highest BCUT2D eigenvalue weighted by Gasteiger charge is 2.19. The van der Waals surface area contributed by atoms with Crippen LogP contribution in [0.2, 0.25) is 0 Å². The van der Waals surface area contributed by atoms with Crippen LogP contribution in [0.15, 0.2) is 255 Å². The van der Waals surface area contributed by atoms with Gasteiger partial charge in [-0.25, -0.2) is 0 Å². The summed E-state index contributed by atoms with van der Waals surface area (Å²) in [7, 11) is 0. The van der Waals surface area contributed by atoms with Gasteiger partial charge in [-0.3, -0.25) is 0 Å². The molecule has 0 N–H and O–H groups in total. The van der Waals surface area contributed by atoms with Gasteiger partial charge in [0.25, 0.3) is 0 Å². The second-order valence-electron chi connectivity index (χ2n) is 18.9. The summed E-state index contributed by atoms with van der Waals surface area (Å²) in [6.45, 7) is 4.38. The predicted molar refractivity (Wildman–Crippen MR) is 304 cm³/mol. The lowest BCUT2D eigenvalue weighted by Crippen LogP contribution is -1.92. The summed E-state index contributed by atoms with van der Waals surface area (Å²) in [6, 6.07) is 93.5. The third kappa shape index (κ3) is 7.16. The molecule has 0 heterocycles. The molecule has 0 amide bonds. The molecule has 0 unspecified atom stereocenters. The summed E-state index contributed by atoms with van der Waals surface area (Å²) >= 11 is 0. The molecule has 0 nitrogen and oxygen atoms in total. The van der Waals surface area contributed by atoms with Crippen LogP contribution in [0.3, 0.4) is 0 Å². The zero-order valence-electron chi connectivity index (χ0n) is 39.2. The maximum atomic E-state index is 2.36. The van der Waals surface area contributed by atoms with Crippen LogP contribution in [0.25, 0.3) is 131 Å². The van der Waals surface area contributed by atoms with E-state index in [1.54, 1.807) is 0 Å². The number of hydrogen-bond acceptors (Lipinski definition) is 0. The molecule has 70 heavy (non-hydrogen) atoms.